The quantitative estimate of drug-likeness (QED) is 0.864. The highest BCUT2D eigenvalue weighted by Crippen LogP contribution is 2.28. The molecular formula is C10H13Cl2NS. The minimum absolute atomic E-state index is 0. The fourth-order valence-electron chi connectivity index (χ4n) is 1.46. The van der Waals surface area contributed by atoms with Crippen molar-refractivity contribution >= 4 is 35.8 Å². The molecule has 1 heterocycles. The monoisotopic (exact) mass is 249 g/mol. The fourth-order valence-corrected chi connectivity index (χ4v) is 2.89. The lowest BCUT2D eigenvalue weighted by Gasteiger charge is -2.07. The molecule has 1 aliphatic heterocycles. The van der Waals surface area contributed by atoms with Gasteiger partial charge >= 0.3 is 0 Å². The maximum Gasteiger partial charge on any atom is 0.0417 e. The van der Waals surface area contributed by atoms with Gasteiger partial charge in [0.15, 0.2) is 0 Å². The van der Waals surface area contributed by atoms with E-state index in [1.807, 2.05) is 30.0 Å². The van der Waals surface area contributed by atoms with Gasteiger partial charge in [-0.2, -0.15) is 0 Å². The van der Waals surface area contributed by atoms with Crippen molar-refractivity contribution in [1.82, 2.24) is 5.32 Å². The molecule has 0 aromatic heterocycles. The van der Waals surface area contributed by atoms with E-state index in [2.05, 4.69) is 11.4 Å². The highest BCUT2D eigenvalue weighted by Gasteiger charge is 2.15. The van der Waals surface area contributed by atoms with Gasteiger partial charge in [-0.3, -0.25) is 0 Å². The molecule has 0 spiro atoms. The van der Waals surface area contributed by atoms with E-state index in [9.17, 15) is 0 Å². The predicted molar refractivity (Wildman–Crippen MR) is 65.8 cm³/mol. The molecule has 0 saturated carbocycles. The van der Waals surface area contributed by atoms with E-state index in [4.69, 9.17) is 11.6 Å². The van der Waals surface area contributed by atoms with E-state index in [0.717, 1.165) is 23.4 Å². The Kier molecular flexibility index (Phi) is 5.10. The van der Waals surface area contributed by atoms with Crippen molar-refractivity contribution in [3.63, 3.8) is 0 Å². The SMILES string of the molecule is Cl.Clc1cccc(SC2CCNC2)c1. The summed E-state index contributed by atoms with van der Waals surface area (Å²) < 4.78 is 0. The summed E-state index contributed by atoms with van der Waals surface area (Å²) in [6.45, 7) is 2.27. The third kappa shape index (κ3) is 3.35. The Morgan fingerprint density at radius 2 is 2.29 bits per heavy atom. The minimum Gasteiger partial charge on any atom is -0.316 e. The molecule has 4 heteroatoms. The molecule has 1 atom stereocenters. The van der Waals surface area contributed by atoms with Gasteiger partial charge in [-0.15, -0.1) is 24.2 Å². The van der Waals surface area contributed by atoms with Gasteiger partial charge in [-0.1, -0.05) is 17.7 Å². The molecule has 0 bridgehead atoms. The standard InChI is InChI=1S/C10H12ClNS.ClH/c11-8-2-1-3-9(6-8)13-10-4-5-12-7-10;/h1-3,6,10,12H,4-5,7H2;1H. The molecule has 14 heavy (non-hydrogen) atoms. The van der Waals surface area contributed by atoms with E-state index in [0.29, 0.717) is 0 Å². The average molecular weight is 250 g/mol. The van der Waals surface area contributed by atoms with Gasteiger partial charge in [0.1, 0.15) is 0 Å². The second kappa shape index (κ2) is 5.86. The van der Waals surface area contributed by atoms with Gasteiger partial charge in [0.05, 0.1) is 0 Å². The van der Waals surface area contributed by atoms with Crippen LogP contribution >= 0.6 is 35.8 Å². The lowest BCUT2D eigenvalue weighted by Crippen LogP contribution is -2.09. The summed E-state index contributed by atoms with van der Waals surface area (Å²) in [6.07, 6.45) is 1.26. The third-order valence-electron chi connectivity index (χ3n) is 2.11. The van der Waals surface area contributed by atoms with Gasteiger partial charge < -0.3 is 5.32 Å². The van der Waals surface area contributed by atoms with Crippen LogP contribution < -0.4 is 5.32 Å². The number of rotatable bonds is 2. The van der Waals surface area contributed by atoms with Gasteiger partial charge in [-0.05, 0) is 31.2 Å². The first-order valence-electron chi connectivity index (χ1n) is 4.47. The van der Waals surface area contributed by atoms with Crippen LogP contribution in [0.15, 0.2) is 29.2 Å². The first-order valence-corrected chi connectivity index (χ1v) is 5.73. The summed E-state index contributed by atoms with van der Waals surface area (Å²) in [5.74, 6) is 0. The maximum absolute atomic E-state index is 5.90. The summed E-state index contributed by atoms with van der Waals surface area (Å²) in [5, 5.41) is 4.90. The Morgan fingerprint density at radius 1 is 1.43 bits per heavy atom. The highest BCUT2D eigenvalue weighted by molar-refractivity contribution is 8.00. The van der Waals surface area contributed by atoms with Crippen LogP contribution in [0.25, 0.3) is 0 Å². The Morgan fingerprint density at radius 3 is 2.93 bits per heavy atom. The number of thioether (sulfide) groups is 1. The van der Waals surface area contributed by atoms with Crippen LogP contribution in [0.2, 0.25) is 5.02 Å². The van der Waals surface area contributed by atoms with E-state index in [-0.39, 0.29) is 12.4 Å². The van der Waals surface area contributed by atoms with Crippen LogP contribution in [-0.4, -0.2) is 18.3 Å². The molecule has 1 fully saturated rings. The molecule has 1 nitrogen and oxygen atoms in total. The maximum atomic E-state index is 5.90. The predicted octanol–water partition coefficient (Wildman–Crippen LogP) is 3.22. The molecule has 1 aliphatic rings. The number of benzene rings is 1. The topological polar surface area (TPSA) is 12.0 Å². The first-order chi connectivity index (χ1) is 6.34. The van der Waals surface area contributed by atoms with Crippen molar-refractivity contribution in [3.05, 3.63) is 29.3 Å². The van der Waals surface area contributed by atoms with Gasteiger partial charge in [0, 0.05) is 21.7 Å². The zero-order valence-electron chi connectivity index (χ0n) is 7.70. The normalized spacial score (nSPS) is 20.5. The number of hydrogen-bond acceptors (Lipinski definition) is 2. The zero-order chi connectivity index (χ0) is 9.10. The summed E-state index contributed by atoms with van der Waals surface area (Å²) in [4.78, 5) is 1.28. The molecule has 1 aromatic carbocycles. The smallest absolute Gasteiger partial charge is 0.0417 e. The summed E-state index contributed by atoms with van der Waals surface area (Å²) in [6, 6.07) is 8.07. The molecule has 0 radical (unpaired) electrons. The van der Waals surface area contributed by atoms with Crippen molar-refractivity contribution in [2.75, 3.05) is 13.1 Å². The molecule has 0 aliphatic carbocycles. The average Bonchev–Trinajstić information content (AvgIpc) is 2.57. The van der Waals surface area contributed by atoms with Crippen LogP contribution in [0.1, 0.15) is 6.42 Å². The molecular weight excluding hydrogens is 237 g/mol. The van der Waals surface area contributed by atoms with Crippen molar-refractivity contribution in [2.45, 2.75) is 16.6 Å². The van der Waals surface area contributed by atoms with E-state index < -0.39 is 0 Å². The lowest BCUT2D eigenvalue weighted by molar-refractivity contribution is 0.858. The first kappa shape index (κ1) is 12.2. The summed E-state index contributed by atoms with van der Waals surface area (Å²) in [5.41, 5.74) is 0. The largest absolute Gasteiger partial charge is 0.316 e. The van der Waals surface area contributed by atoms with Crippen molar-refractivity contribution in [3.8, 4) is 0 Å². The van der Waals surface area contributed by atoms with Crippen LogP contribution in [0.4, 0.5) is 0 Å². The Labute approximate surface area is 100 Å². The third-order valence-corrected chi connectivity index (χ3v) is 3.61. The second-order valence-electron chi connectivity index (χ2n) is 3.19. The summed E-state index contributed by atoms with van der Waals surface area (Å²) in [7, 11) is 0. The fraction of sp³-hybridized carbons (Fsp3) is 0.400. The molecule has 1 unspecified atom stereocenters. The van der Waals surface area contributed by atoms with E-state index in [1.54, 1.807) is 0 Å². The zero-order valence-corrected chi connectivity index (χ0v) is 10.1. The molecule has 1 saturated heterocycles. The minimum atomic E-state index is 0. The highest BCUT2D eigenvalue weighted by atomic mass is 35.5. The summed E-state index contributed by atoms with van der Waals surface area (Å²) >= 11 is 7.82. The molecule has 1 aromatic rings. The molecule has 2 rings (SSSR count). The van der Waals surface area contributed by atoms with Gasteiger partial charge in [-0.25, -0.2) is 0 Å². The van der Waals surface area contributed by atoms with E-state index in [1.165, 1.54) is 11.3 Å². The van der Waals surface area contributed by atoms with Crippen LogP contribution in [0.5, 0.6) is 0 Å². The van der Waals surface area contributed by atoms with Crippen molar-refractivity contribution < 1.29 is 0 Å². The van der Waals surface area contributed by atoms with Crippen LogP contribution in [0, 0.1) is 0 Å². The molecule has 1 N–H and O–H groups in total. The second-order valence-corrected chi connectivity index (χ2v) is 5.00. The molecule has 78 valence electrons. The van der Waals surface area contributed by atoms with Gasteiger partial charge in [0.25, 0.3) is 0 Å². The van der Waals surface area contributed by atoms with Crippen molar-refractivity contribution in [1.29, 1.82) is 0 Å². The Balaban J connectivity index is 0.000000980. The number of hydrogen-bond donors (Lipinski definition) is 1. The van der Waals surface area contributed by atoms with Crippen LogP contribution in [-0.2, 0) is 0 Å². The number of halogens is 2. The Bertz CT molecular complexity index is 287. The van der Waals surface area contributed by atoms with Crippen LogP contribution in [0.3, 0.4) is 0 Å². The lowest BCUT2D eigenvalue weighted by atomic mass is 10.4. The number of nitrogens with one attached hydrogen (secondary N) is 1. The van der Waals surface area contributed by atoms with Crippen molar-refractivity contribution in [2.24, 2.45) is 0 Å². The van der Waals surface area contributed by atoms with E-state index >= 15 is 0 Å². The van der Waals surface area contributed by atoms with Gasteiger partial charge in [0.2, 0.25) is 0 Å². The Hall–Kier alpha value is 0.110. The molecule has 0 amide bonds.